The highest BCUT2D eigenvalue weighted by molar-refractivity contribution is 7.98. The Bertz CT molecular complexity index is 90.2. The van der Waals surface area contributed by atoms with Crippen molar-refractivity contribution < 1.29 is 5.11 Å². The van der Waals surface area contributed by atoms with Crippen LogP contribution in [0.15, 0.2) is 0 Å². The first-order valence-electron chi connectivity index (χ1n) is 4.02. The number of aliphatic hydroxyl groups excluding tert-OH is 1. The average Bonchev–Trinajstić information content (AvgIpc) is 2.00. The number of rotatable bonds is 6. The van der Waals surface area contributed by atoms with Gasteiger partial charge in [0.05, 0.1) is 0 Å². The van der Waals surface area contributed by atoms with Crippen molar-refractivity contribution in [2.24, 2.45) is 0 Å². The minimum Gasteiger partial charge on any atom is -0.396 e. The standard InChI is InChI=1S/C8H19NOS/c1-8(7-11-3)9(2)5-4-6-10/h8,10H,4-7H2,1-3H3. The Hall–Kier alpha value is 0.270. The van der Waals surface area contributed by atoms with E-state index in [-0.39, 0.29) is 0 Å². The third-order valence-corrected chi connectivity index (χ3v) is 2.64. The van der Waals surface area contributed by atoms with E-state index in [1.54, 1.807) is 0 Å². The second kappa shape index (κ2) is 6.95. The van der Waals surface area contributed by atoms with Crippen molar-refractivity contribution in [3.8, 4) is 0 Å². The summed E-state index contributed by atoms with van der Waals surface area (Å²) < 4.78 is 0. The summed E-state index contributed by atoms with van der Waals surface area (Å²) in [5.74, 6) is 1.17. The number of aliphatic hydroxyl groups is 1. The molecule has 1 unspecified atom stereocenters. The zero-order valence-corrected chi connectivity index (χ0v) is 8.52. The summed E-state index contributed by atoms with van der Waals surface area (Å²) in [4.78, 5) is 2.28. The Morgan fingerprint density at radius 2 is 2.18 bits per heavy atom. The van der Waals surface area contributed by atoms with Gasteiger partial charge in [-0.05, 0) is 26.6 Å². The van der Waals surface area contributed by atoms with Crippen LogP contribution in [0.3, 0.4) is 0 Å². The van der Waals surface area contributed by atoms with Gasteiger partial charge in [0.15, 0.2) is 0 Å². The number of hydrogen-bond donors (Lipinski definition) is 1. The zero-order chi connectivity index (χ0) is 8.69. The van der Waals surface area contributed by atoms with E-state index >= 15 is 0 Å². The van der Waals surface area contributed by atoms with Gasteiger partial charge < -0.3 is 10.0 Å². The minimum absolute atomic E-state index is 0.302. The highest BCUT2D eigenvalue weighted by atomic mass is 32.2. The monoisotopic (exact) mass is 177 g/mol. The molecule has 0 spiro atoms. The smallest absolute Gasteiger partial charge is 0.0443 e. The average molecular weight is 177 g/mol. The van der Waals surface area contributed by atoms with E-state index in [0.29, 0.717) is 12.6 Å². The molecular formula is C8H19NOS. The summed E-state index contributed by atoms with van der Waals surface area (Å²) in [6.07, 6.45) is 3.01. The molecule has 0 aromatic heterocycles. The molecule has 2 nitrogen and oxygen atoms in total. The Balaban J connectivity index is 3.38. The Morgan fingerprint density at radius 3 is 2.64 bits per heavy atom. The molecule has 0 fully saturated rings. The molecule has 0 bridgehead atoms. The lowest BCUT2D eigenvalue weighted by molar-refractivity contribution is 0.225. The zero-order valence-electron chi connectivity index (χ0n) is 7.71. The van der Waals surface area contributed by atoms with Gasteiger partial charge in [-0.25, -0.2) is 0 Å². The predicted molar refractivity (Wildman–Crippen MR) is 52.2 cm³/mol. The van der Waals surface area contributed by atoms with Crippen molar-refractivity contribution in [3.63, 3.8) is 0 Å². The molecule has 0 aliphatic rings. The molecule has 0 saturated heterocycles. The number of thioether (sulfide) groups is 1. The van der Waals surface area contributed by atoms with Crippen LogP contribution in [0, 0.1) is 0 Å². The predicted octanol–water partition coefficient (Wildman–Crippen LogP) is 1.05. The van der Waals surface area contributed by atoms with E-state index in [4.69, 9.17) is 5.11 Å². The highest BCUT2D eigenvalue weighted by Crippen LogP contribution is 2.03. The van der Waals surface area contributed by atoms with Gasteiger partial charge in [0.1, 0.15) is 0 Å². The highest BCUT2D eigenvalue weighted by Gasteiger charge is 2.06. The molecule has 0 radical (unpaired) electrons. The van der Waals surface area contributed by atoms with Crippen LogP contribution in [0.1, 0.15) is 13.3 Å². The Kier molecular flexibility index (Phi) is 7.12. The van der Waals surface area contributed by atoms with E-state index in [0.717, 1.165) is 13.0 Å². The molecule has 0 rings (SSSR count). The van der Waals surface area contributed by atoms with E-state index in [1.165, 1.54) is 5.75 Å². The van der Waals surface area contributed by atoms with Crippen LogP contribution in [0.2, 0.25) is 0 Å². The fourth-order valence-electron chi connectivity index (χ4n) is 0.909. The van der Waals surface area contributed by atoms with Gasteiger partial charge >= 0.3 is 0 Å². The normalized spacial score (nSPS) is 13.9. The van der Waals surface area contributed by atoms with Gasteiger partial charge in [0.25, 0.3) is 0 Å². The van der Waals surface area contributed by atoms with E-state index in [1.807, 2.05) is 11.8 Å². The largest absolute Gasteiger partial charge is 0.396 e. The molecule has 0 aliphatic carbocycles. The van der Waals surface area contributed by atoms with Gasteiger partial charge in [0, 0.05) is 24.9 Å². The molecule has 0 aromatic carbocycles. The van der Waals surface area contributed by atoms with E-state index < -0.39 is 0 Å². The van der Waals surface area contributed by atoms with Crippen molar-refractivity contribution in [3.05, 3.63) is 0 Å². The van der Waals surface area contributed by atoms with Crippen LogP contribution in [0.4, 0.5) is 0 Å². The molecule has 1 N–H and O–H groups in total. The lowest BCUT2D eigenvalue weighted by Crippen LogP contribution is -2.32. The lowest BCUT2D eigenvalue weighted by atomic mass is 10.3. The molecule has 0 heterocycles. The first kappa shape index (κ1) is 11.3. The molecule has 11 heavy (non-hydrogen) atoms. The lowest BCUT2D eigenvalue weighted by Gasteiger charge is -2.23. The van der Waals surface area contributed by atoms with Gasteiger partial charge in [-0.1, -0.05) is 0 Å². The van der Waals surface area contributed by atoms with Gasteiger partial charge in [-0.3, -0.25) is 0 Å². The molecule has 1 atom stereocenters. The van der Waals surface area contributed by atoms with Crippen LogP contribution in [-0.4, -0.2) is 48.3 Å². The third kappa shape index (κ3) is 5.53. The Labute approximate surface area is 74.0 Å². The van der Waals surface area contributed by atoms with Crippen molar-refractivity contribution in [1.82, 2.24) is 4.90 Å². The maximum absolute atomic E-state index is 8.59. The SMILES string of the molecule is CSCC(C)N(C)CCCO. The summed E-state index contributed by atoms with van der Waals surface area (Å²) in [6.45, 7) is 3.52. The second-order valence-electron chi connectivity index (χ2n) is 2.86. The minimum atomic E-state index is 0.302. The fourth-order valence-corrected chi connectivity index (χ4v) is 1.65. The van der Waals surface area contributed by atoms with E-state index in [9.17, 15) is 0 Å². The summed E-state index contributed by atoms with van der Waals surface area (Å²) in [5, 5.41) is 8.59. The topological polar surface area (TPSA) is 23.5 Å². The Morgan fingerprint density at radius 1 is 1.55 bits per heavy atom. The third-order valence-electron chi connectivity index (χ3n) is 1.83. The van der Waals surface area contributed by atoms with Crippen molar-refractivity contribution in [2.75, 3.05) is 32.2 Å². The summed E-state index contributed by atoms with van der Waals surface area (Å²) in [7, 11) is 2.11. The molecule has 0 amide bonds. The van der Waals surface area contributed by atoms with Gasteiger partial charge in [0.2, 0.25) is 0 Å². The molecule has 68 valence electrons. The van der Waals surface area contributed by atoms with Crippen LogP contribution < -0.4 is 0 Å². The molecule has 3 heteroatoms. The number of nitrogens with zero attached hydrogens (tertiary/aromatic N) is 1. The second-order valence-corrected chi connectivity index (χ2v) is 3.77. The van der Waals surface area contributed by atoms with Crippen LogP contribution in [-0.2, 0) is 0 Å². The van der Waals surface area contributed by atoms with Crippen LogP contribution >= 0.6 is 11.8 Å². The molecule has 0 aromatic rings. The van der Waals surface area contributed by atoms with Crippen LogP contribution in [0.5, 0.6) is 0 Å². The fraction of sp³-hybridized carbons (Fsp3) is 1.00. The quantitative estimate of drug-likeness (QED) is 0.656. The van der Waals surface area contributed by atoms with Crippen molar-refractivity contribution in [1.29, 1.82) is 0 Å². The summed E-state index contributed by atoms with van der Waals surface area (Å²) >= 11 is 1.87. The first-order valence-corrected chi connectivity index (χ1v) is 5.41. The summed E-state index contributed by atoms with van der Waals surface area (Å²) in [6, 6.07) is 0.622. The first-order chi connectivity index (χ1) is 5.22. The maximum Gasteiger partial charge on any atom is 0.0443 e. The molecular weight excluding hydrogens is 158 g/mol. The molecule has 0 aliphatic heterocycles. The number of hydrogen-bond acceptors (Lipinski definition) is 3. The van der Waals surface area contributed by atoms with Crippen molar-refractivity contribution in [2.45, 2.75) is 19.4 Å². The molecule has 0 saturated carbocycles. The van der Waals surface area contributed by atoms with Crippen molar-refractivity contribution >= 4 is 11.8 Å². The van der Waals surface area contributed by atoms with E-state index in [2.05, 4.69) is 25.1 Å². The van der Waals surface area contributed by atoms with Gasteiger partial charge in [-0.15, -0.1) is 0 Å². The summed E-state index contributed by atoms with van der Waals surface area (Å²) in [5.41, 5.74) is 0. The maximum atomic E-state index is 8.59. The van der Waals surface area contributed by atoms with Crippen LogP contribution in [0.25, 0.3) is 0 Å². The van der Waals surface area contributed by atoms with Gasteiger partial charge in [-0.2, -0.15) is 11.8 Å².